The molecule has 1 aromatic heterocycles. The second-order valence-electron chi connectivity index (χ2n) is 7.10. The van der Waals surface area contributed by atoms with E-state index < -0.39 is 17.6 Å². The van der Waals surface area contributed by atoms with E-state index >= 15 is 0 Å². The molecule has 1 unspecified atom stereocenters. The van der Waals surface area contributed by atoms with Crippen LogP contribution in [0, 0.1) is 5.82 Å². The number of hydrogen-bond acceptors (Lipinski definition) is 5. The van der Waals surface area contributed by atoms with Crippen molar-refractivity contribution in [1.82, 2.24) is 15.3 Å². The van der Waals surface area contributed by atoms with Crippen LogP contribution in [0.1, 0.15) is 37.9 Å². The van der Waals surface area contributed by atoms with Crippen LogP contribution in [0.5, 0.6) is 0 Å². The molecule has 166 valence electrons. The Hall–Kier alpha value is -2.13. The minimum Gasteiger partial charge on any atom is -0.355 e. The summed E-state index contributed by atoms with van der Waals surface area (Å²) in [7, 11) is 0. The van der Waals surface area contributed by atoms with Gasteiger partial charge in [-0.05, 0) is 37.6 Å². The van der Waals surface area contributed by atoms with Crippen molar-refractivity contribution >= 4 is 29.9 Å². The molecular formula is C20H26ClF4N5. The molecule has 1 aliphatic rings. The van der Waals surface area contributed by atoms with E-state index in [0.717, 1.165) is 62.5 Å². The van der Waals surface area contributed by atoms with Crippen molar-refractivity contribution in [2.75, 3.05) is 29.9 Å². The van der Waals surface area contributed by atoms with Crippen LogP contribution in [0.15, 0.2) is 24.3 Å². The highest BCUT2D eigenvalue weighted by Crippen LogP contribution is 2.33. The maximum absolute atomic E-state index is 13.5. The number of nitrogens with one attached hydrogen (secondary N) is 2. The first-order valence-corrected chi connectivity index (χ1v) is 9.80. The fourth-order valence-electron chi connectivity index (χ4n) is 3.46. The van der Waals surface area contributed by atoms with Crippen molar-refractivity contribution in [3.8, 4) is 0 Å². The van der Waals surface area contributed by atoms with Gasteiger partial charge in [0.2, 0.25) is 5.95 Å². The Bertz CT molecular complexity index is 846. The van der Waals surface area contributed by atoms with Crippen molar-refractivity contribution in [3.05, 3.63) is 41.3 Å². The quantitative estimate of drug-likeness (QED) is 0.589. The molecule has 0 amide bonds. The Kier molecular flexibility index (Phi) is 8.25. The van der Waals surface area contributed by atoms with Crippen molar-refractivity contribution in [1.29, 1.82) is 0 Å². The lowest BCUT2D eigenvalue weighted by molar-refractivity contribution is -0.139. The predicted molar refractivity (Wildman–Crippen MR) is 112 cm³/mol. The minimum absolute atomic E-state index is 0. The highest BCUT2D eigenvalue weighted by Gasteiger charge is 2.34. The van der Waals surface area contributed by atoms with Gasteiger partial charge in [0.25, 0.3) is 0 Å². The first-order chi connectivity index (χ1) is 13.8. The third-order valence-electron chi connectivity index (χ3n) is 4.80. The van der Waals surface area contributed by atoms with Crippen molar-refractivity contribution < 1.29 is 17.6 Å². The summed E-state index contributed by atoms with van der Waals surface area (Å²) in [6, 6.07) is 5.09. The lowest BCUT2D eigenvalue weighted by Gasteiger charge is -2.20. The van der Waals surface area contributed by atoms with Crippen LogP contribution < -0.4 is 15.5 Å². The monoisotopic (exact) mass is 447 g/mol. The van der Waals surface area contributed by atoms with Gasteiger partial charge in [0.05, 0.1) is 5.56 Å². The van der Waals surface area contributed by atoms with Gasteiger partial charge in [-0.1, -0.05) is 20.3 Å². The third kappa shape index (κ3) is 5.95. The van der Waals surface area contributed by atoms with Crippen LogP contribution in [0.2, 0.25) is 0 Å². The molecule has 3 rings (SSSR count). The number of anilines is 3. The number of hydrogen-bond donors (Lipinski definition) is 2. The van der Waals surface area contributed by atoms with E-state index in [1.54, 1.807) is 0 Å². The summed E-state index contributed by atoms with van der Waals surface area (Å²) in [5.41, 5.74) is -0.421. The topological polar surface area (TPSA) is 53.1 Å². The molecule has 1 saturated heterocycles. The Labute approximate surface area is 179 Å². The molecule has 10 heteroatoms. The summed E-state index contributed by atoms with van der Waals surface area (Å²) in [6.07, 6.45) is -2.16. The first kappa shape index (κ1) is 24.1. The van der Waals surface area contributed by atoms with Gasteiger partial charge < -0.3 is 15.5 Å². The largest absolute Gasteiger partial charge is 0.419 e. The fraction of sp³-hybridized carbons (Fsp3) is 0.500. The van der Waals surface area contributed by atoms with Gasteiger partial charge >= 0.3 is 6.18 Å². The number of nitrogens with zero attached hydrogens (tertiary/aromatic N) is 3. The van der Waals surface area contributed by atoms with Gasteiger partial charge in [0.1, 0.15) is 11.6 Å². The SMILES string of the molecule is CCCc1cc(N2CCC(NCC)C2)nc(Nc2ccc(F)c(C(F)(F)F)c2)n1.Cl. The molecule has 2 heterocycles. The van der Waals surface area contributed by atoms with Crippen molar-refractivity contribution in [2.24, 2.45) is 0 Å². The lowest BCUT2D eigenvalue weighted by atomic mass is 10.2. The molecular weight excluding hydrogens is 422 g/mol. The molecule has 1 aromatic carbocycles. The average molecular weight is 448 g/mol. The highest BCUT2D eigenvalue weighted by molar-refractivity contribution is 5.85. The Balaban J connectivity index is 0.00000320. The molecule has 0 saturated carbocycles. The number of halogens is 5. The lowest BCUT2D eigenvalue weighted by Crippen LogP contribution is -2.32. The van der Waals surface area contributed by atoms with Crippen LogP contribution in [0.3, 0.4) is 0 Å². The third-order valence-corrected chi connectivity index (χ3v) is 4.80. The maximum atomic E-state index is 13.5. The molecule has 30 heavy (non-hydrogen) atoms. The normalized spacial score (nSPS) is 16.5. The maximum Gasteiger partial charge on any atom is 0.419 e. The molecule has 1 fully saturated rings. The van der Waals surface area contributed by atoms with E-state index in [4.69, 9.17) is 0 Å². The summed E-state index contributed by atoms with van der Waals surface area (Å²) >= 11 is 0. The average Bonchev–Trinajstić information content (AvgIpc) is 3.12. The second-order valence-corrected chi connectivity index (χ2v) is 7.10. The van der Waals surface area contributed by atoms with E-state index in [-0.39, 0.29) is 24.0 Å². The number of aryl methyl sites for hydroxylation is 1. The molecule has 1 atom stereocenters. The molecule has 0 spiro atoms. The summed E-state index contributed by atoms with van der Waals surface area (Å²) < 4.78 is 52.5. The van der Waals surface area contributed by atoms with E-state index in [0.29, 0.717) is 6.04 Å². The zero-order valence-corrected chi connectivity index (χ0v) is 17.7. The number of alkyl halides is 3. The zero-order valence-electron chi connectivity index (χ0n) is 16.9. The smallest absolute Gasteiger partial charge is 0.355 e. The van der Waals surface area contributed by atoms with Crippen LogP contribution in [0.4, 0.5) is 35.0 Å². The van der Waals surface area contributed by atoms with Gasteiger partial charge in [0, 0.05) is 36.6 Å². The van der Waals surface area contributed by atoms with Gasteiger partial charge in [0.15, 0.2) is 0 Å². The Morgan fingerprint density at radius 2 is 1.93 bits per heavy atom. The molecule has 5 nitrogen and oxygen atoms in total. The minimum atomic E-state index is -4.77. The number of likely N-dealkylation sites (N-methyl/N-ethyl adjacent to an activating group) is 1. The number of benzene rings is 1. The van der Waals surface area contributed by atoms with Crippen LogP contribution in [-0.2, 0) is 12.6 Å². The zero-order chi connectivity index (χ0) is 21.0. The van der Waals surface area contributed by atoms with Gasteiger partial charge in [-0.15, -0.1) is 12.4 Å². The first-order valence-electron chi connectivity index (χ1n) is 9.80. The van der Waals surface area contributed by atoms with Gasteiger partial charge in [-0.2, -0.15) is 18.2 Å². The van der Waals surface area contributed by atoms with E-state index in [9.17, 15) is 17.6 Å². The standard InChI is InChI=1S/C20H25F4N5.ClH/c1-3-5-13-11-18(29-9-8-15(12-29)25-4-2)28-19(26-13)27-14-6-7-17(21)16(10-14)20(22,23)24;/h6-7,10-11,15,25H,3-5,8-9,12H2,1-2H3,(H,26,27,28);1H. The van der Waals surface area contributed by atoms with Crippen molar-refractivity contribution in [3.63, 3.8) is 0 Å². The molecule has 0 bridgehead atoms. The summed E-state index contributed by atoms with van der Waals surface area (Å²) in [5.74, 6) is -0.363. The number of rotatable bonds is 7. The molecule has 0 aliphatic carbocycles. The Morgan fingerprint density at radius 1 is 1.17 bits per heavy atom. The van der Waals surface area contributed by atoms with Crippen molar-refractivity contribution in [2.45, 2.75) is 45.3 Å². The molecule has 0 radical (unpaired) electrons. The van der Waals surface area contributed by atoms with Crippen LogP contribution in [0.25, 0.3) is 0 Å². The van der Waals surface area contributed by atoms with Gasteiger partial charge in [-0.3, -0.25) is 0 Å². The Morgan fingerprint density at radius 3 is 2.60 bits per heavy atom. The van der Waals surface area contributed by atoms with E-state index in [2.05, 4.69) is 32.4 Å². The second kappa shape index (κ2) is 10.3. The summed E-state index contributed by atoms with van der Waals surface area (Å²) in [4.78, 5) is 11.1. The summed E-state index contributed by atoms with van der Waals surface area (Å²) in [5, 5.41) is 6.23. The van der Waals surface area contributed by atoms with Crippen LogP contribution in [-0.4, -0.2) is 35.6 Å². The predicted octanol–water partition coefficient (Wildman–Crippen LogP) is 4.94. The number of aromatic nitrogens is 2. The molecule has 2 N–H and O–H groups in total. The van der Waals surface area contributed by atoms with Crippen LogP contribution >= 0.6 is 12.4 Å². The molecule has 2 aromatic rings. The van der Waals surface area contributed by atoms with E-state index in [1.165, 1.54) is 6.07 Å². The molecule has 1 aliphatic heterocycles. The van der Waals surface area contributed by atoms with Gasteiger partial charge in [-0.25, -0.2) is 9.37 Å². The fourth-order valence-corrected chi connectivity index (χ4v) is 3.46. The summed E-state index contributed by atoms with van der Waals surface area (Å²) in [6.45, 7) is 6.63. The van der Waals surface area contributed by atoms with E-state index in [1.807, 2.05) is 13.0 Å². The highest BCUT2D eigenvalue weighted by atomic mass is 35.5.